The number of carbonyl (C=O) groups is 2. The molecule has 2 amide bonds. The van der Waals surface area contributed by atoms with E-state index in [1.54, 1.807) is 11.3 Å². The largest absolute Gasteiger partial charge is 0.379 e. The smallest absolute Gasteiger partial charge is 0.263 e. The molecule has 0 radical (unpaired) electrons. The maximum absolute atomic E-state index is 12.9. The molecule has 1 aromatic heterocycles. The van der Waals surface area contributed by atoms with E-state index in [4.69, 9.17) is 4.74 Å². The van der Waals surface area contributed by atoms with E-state index < -0.39 is 0 Å². The fourth-order valence-corrected chi connectivity index (χ4v) is 5.88. The molecule has 166 valence electrons. The van der Waals surface area contributed by atoms with Crippen LogP contribution in [0.1, 0.15) is 52.7 Å². The lowest BCUT2D eigenvalue weighted by Crippen LogP contribution is -2.39. The molecular weight excluding hydrogens is 398 g/mol. The monoisotopic (exact) mass is 433 g/mol. The van der Waals surface area contributed by atoms with Crippen LogP contribution in [0.25, 0.3) is 0 Å². The van der Waals surface area contributed by atoms with Gasteiger partial charge >= 0.3 is 0 Å². The molecule has 1 aliphatic carbocycles. The van der Waals surface area contributed by atoms with Gasteiger partial charge < -0.3 is 15.0 Å². The average Bonchev–Trinajstić information content (AvgIpc) is 3.21. The average molecular weight is 434 g/mol. The number of morpholine rings is 1. The third-order valence-electron chi connectivity index (χ3n) is 6.79. The summed E-state index contributed by atoms with van der Waals surface area (Å²) in [7, 11) is 0. The van der Waals surface area contributed by atoms with Crippen molar-refractivity contribution in [2.45, 2.75) is 45.4 Å². The molecule has 4 rings (SSSR count). The van der Waals surface area contributed by atoms with Gasteiger partial charge in [-0.25, -0.2) is 0 Å². The summed E-state index contributed by atoms with van der Waals surface area (Å²) in [4.78, 5) is 32.1. The lowest BCUT2D eigenvalue weighted by Gasteiger charge is -2.29. The number of aryl methyl sites for hydroxylation is 1. The van der Waals surface area contributed by atoms with Crippen LogP contribution in [0.5, 0.6) is 0 Å². The number of hydrogen-bond donors (Lipinski definition) is 1. The summed E-state index contributed by atoms with van der Waals surface area (Å²) in [5, 5.41) is 3.14. The van der Waals surface area contributed by atoms with Crippen LogP contribution < -0.4 is 5.32 Å². The lowest BCUT2D eigenvalue weighted by atomic mass is 9.87. The number of ether oxygens (including phenoxy) is 1. The zero-order valence-corrected chi connectivity index (χ0v) is 19.0. The van der Waals surface area contributed by atoms with Crippen LogP contribution in [0.15, 0.2) is 6.07 Å². The lowest BCUT2D eigenvalue weighted by molar-refractivity contribution is -0.125. The molecule has 3 aliphatic rings. The molecule has 30 heavy (non-hydrogen) atoms. The van der Waals surface area contributed by atoms with Gasteiger partial charge in [0.2, 0.25) is 5.91 Å². The normalized spacial score (nSPS) is 23.2. The Bertz CT molecular complexity index is 736. The highest BCUT2D eigenvalue weighted by Crippen LogP contribution is 2.33. The van der Waals surface area contributed by atoms with Gasteiger partial charge in [0, 0.05) is 43.5 Å². The summed E-state index contributed by atoms with van der Waals surface area (Å²) in [5.74, 6) is 1.12. The Morgan fingerprint density at radius 2 is 1.93 bits per heavy atom. The first kappa shape index (κ1) is 21.8. The molecular formula is C23H35N3O3S. The Hall–Kier alpha value is -1.44. The van der Waals surface area contributed by atoms with Gasteiger partial charge in [0.25, 0.3) is 5.91 Å². The van der Waals surface area contributed by atoms with Gasteiger partial charge in [-0.1, -0.05) is 6.92 Å². The highest BCUT2D eigenvalue weighted by atomic mass is 32.1. The third kappa shape index (κ3) is 5.42. The molecule has 3 heterocycles. The molecule has 0 spiro atoms. The van der Waals surface area contributed by atoms with Crippen molar-refractivity contribution in [1.82, 2.24) is 15.1 Å². The topological polar surface area (TPSA) is 61.9 Å². The molecule has 6 nitrogen and oxygen atoms in total. The number of nitrogens with one attached hydrogen (secondary N) is 1. The van der Waals surface area contributed by atoms with E-state index in [1.807, 2.05) is 4.90 Å². The van der Waals surface area contributed by atoms with Crippen LogP contribution in [0.3, 0.4) is 0 Å². The minimum Gasteiger partial charge on any atom is -0.379 e. The molecule has 0 aromatic carbocycles. The van der Waals surface area contributed by atoms with Crippen LogP contribution in [-0.4, -0.2) is 74.1 Å². The number of amides is 2. The van der Waals surface area contributed by atoms with E-state index in [-0.39, 0.29) is 17.7 Å². The van der Waals surface area contributed by atoms with Gasteiger partial charge in [0.1, 0.15) is 0 Å². The Balaban J connectivity index is 1.24. The highest BCUT2D eigenvalue weighted by Gasteiger charge is 2.29. The van der Waals surface area contributed by atoms with Crippen LogP contribution >= 0.6 is 11.3 Å². The van der Waals surface area contributed by atoms with E-state index >= 15 is 0 Å². The number of likely N-dealkylation sites (tertiary alicyclic amines) is 1. The van der Waals surface area contributed by atoms with E-state index in [1.165, 1.54) is 10.4 Å². The van der Waals surface area contributed by atoms with E-state index in [0.29, 0.717) is 0 Å². The first-order chi connectivity index (χ1) is 14.6. The van der Waals surface area contributed by atoms with Gasteiger partial charge in [0.05, 0.1) is 18.1 Å². The van der Waals surface area contributed by atoms with Gasteiger partial charge in [-0.2, -0.15) is 0 Å². The zero-order chi connectivity index (χ0) is 20.9. The van der Waals surface area contributed by atoms with E-state index in [9.17, 15) is 9.59 Å². The summed E-state index contributed by atoms with van der Waals surface area (Å²) >= 11 is 1.65. The predicted octanol–water partition coefficient (Wildman–Crippen LogP) is 2.56. The maximum Gasteiger partial charge on any atom is 0.263 e. The standard InChI is InChI=1S/C23H35N3O3S/c1-17-5-9-26(10-6-17)23(28)21-16-19-15-18(3-4-20(19)30-21)22(27)24-7-2-8-25-11-13-29-14-12-25/h16-18H,2-15H2,1H3,(H,24,27). The molecule has 1 unspecified atom stereocenters. The minimum atomic E-state index is 0.0364. The van der Waals surface area contributed by atoms with Crippen molar-refractivity contribution in [2.75, 3.05) is 52.5 Å². The number of nitrogens with zero attached hydrogens (tertiary/aromatic N) is 2. The van der Waals surface area contributed by atoms with Crippen LogP contribution in [-0.2, 0) is 22.4 Å². The van der Waals surface area contributed by atoms with Crippen LogP contribution in [0.2, 0.25) is 0 Å². The fraction of sp³-hybridized carbons (Fsp3) is 0.739. The SMILES string of the molecule is CC1CCN(C(=O)c2cc3c(s2)CCC(C(=O)NCCCN2CCOCC2)C3)CC1. The second-order valence-electron chi connectivity index (χ2n) is 9.07. The quantitative estimate of drug-likeness (QED) is 0.701. The number of piperidine rings is 1. The van der Waals surface area contributed by atoms with Crippen molar-refractivity contribution >= 4 is 23.2 Å². The van der Waals surface area contributed by atoms with Crippen LogP contribution in [0, 0.1) is 11.8 Å². The maximum atomic E-state index is 12.9. The van der Waals surface area contributed by atoms with E-state index in [0.717, 1.165) is 102 Å². The Morgan fingerprint density at radius 1 is 1.17 bits per heavy atom. The number of fused-ring (bicyclic) bond motifs is 1. The second kappa shape index (κ2) is 10.2. The molecule has 1 atom stereocenters. The summed E-state index contributed by atoms with van der Waals surface area (Å²) in [5.41, 5.74) is 1.22. The summed E-state index contributed by atoms with van der Waals surface area (Å²) < 4.78 is 5.37. The van der Waals surface area contributed by atoms with Gasteiger partial charge in [-0.3, -0.25) is 14.5 Å². The summed E-state index contributed by atoms with van der Waals surface area (Å²) in [6.07, 6.45) is 5.75. The number of carbonyl (C=O) groups excluding carboxylic acids is 2. The first-order valence-electron chi connectivity index (χ1n) is 11.6. The summed E-state index contributed by atoms with van der Waals surface area (Å²) in [6, 6.07) is 2.07. The Kier molecular flexibility index (Phi) is 7.44. The van der Waals surface area contributed by atoms with Crippen molar-refractivity contribution in [3.8, 4) is 0 Å². The molecule has 2 saturated heterocycles. The van der Waals surface area contributed by atoms with Crippen molar-refractivity contribution in [2.24, 2.45) is 11.8 Å². The second-order valence-corrected chi connectivity index (χ2v) is 10.2. The molecule has 7 heteroatoms. The van der Waals surface area contributed by atoms with Crippen LogP contribution in [0.4, 0.5) is 0 Å². The van der Waals surface area contributed by atoms with Gasteiger partial charge in [0.15, 0.2) is 0 Å². The van der Waals surface area contributed by atoms with Crippen molar-refractivity contribution in [3.05, 3.63) is 21.4 Å². The first-order valence-corrected chi connectivity index (χ1v) is 12.4. The third-order valence-corrected chi connectivity index (χ3v) is 8.01. The molecule has 0 bridgehead atoms. The predicted molar refractivity (Wildman–Crippen MR) is 119 cm³/mol. The Morgan fingerprint density at radius 3 is 2.70 bits per heavy atom. The van der Waals surface area contributed by atoms with E-state index in [2.05, 4.69) is 23.2 Å². The molecule has 0 saturated carbocycles. The zero-order valence-electron chi connectivity index (χ0n) is 18.2. The molecule has 2 fully saturated rings. The highest BCUT2D eigenvalue weighted by molar-refractivity contribution is 7.14. The van der Waals surface area contributed by atoms with Gasteiger partial charge in [-0.05, 0) is 62.6 Å². The summed E-state index contributed by atoms with van der Waals surface area (Å²) in [6.45, 7) is 9.39. The fourth-order valence-electron chi connectivity index (χ4n) is 4.70. The molecule has 1 N–H and O–H groups in total. The minimum absolute atomic E-state index is 0.0364. The van der Waals surface area contributed by atoms with Crippen molar-refractivity contribution in [3.63, 3.8) is 0 Å². The van der Waals surface area contributed by atoms with Crippen molar-refractivity contribution in [1.29, 1.82) is 0 Å². The number of hydrogen-bond acceptors (Lipinski definition) is 5. The number of rotatable bonds is 6. The molecule has 2 aliphatic heterocycles. The van der Waals surface area contributed by atoms with Crippen molar-refractivity contribution < 1.29 is 14.3 Å². The molecule has 1 aromatic rings. The van der Waals surface area contributed by atoms with Gasteiger partial charge in [-0.15, -0.1) is 11.3 Å². The number of thiophene rings is 1. The Labute approximate surface area is 183 Å².